The van der Waals surface area contributed by atoms with Crippen LogP contribution in [-0.4, -0.2) is 0 Å². The van der Waals surface area contributed by atoms with Gasteiger partial charge in [-0.2, -0.15) is 0 Å². The van der Waals surface area contributed by atoms with Crippen molar-refractivity contribution in [1.29, 1.82) is 0 Å². The second-order valence-electron chi connectivity index (χ2n) is 12.4. The molecule has 0 saturated carbocycles. The summed E-state index contributed by atoms with van der Waals surface area (Å²) < 4.78 is 0. The smallest absolute Gasteiger partial charge is 0.0958 e. The molecule has 1 atom stereocenters. The number of hydrogen-bond donors (Lipinski definition) is 1. The molecule has 4 aromatic rings. The number of hydrogen-bond acceptors (Lipinski definition) is 2. The van der Waals surface area contributed by atoms with Crippen molar-refractivity contribution in [2.75, 3.05) is 5.01 Å². The second-order valence-corrected chi connectivity index (χ2v) is 12.9. The highest BCUT2D eigenvalue weighted by atomic mass is 35.5. The van der Waals surface area contributed by atoms with Gasteiger partial charge < -0.3 is 0 Å². The maximum absolute atomic E-state index is 5.99. The maximum Gasteiger partial charge on any atom is 0.0958 e. The van der Waals surface area contributed by atoms with Gasteiger partial charge in [-0.1, -0.05) is 113 Å². The first-order chi connectivity index (χ1) is 19.1. The van der Waals surface area contributed by atoms with Crippen LogP contribution < -0.4 is 10.4 Å². The highest BCUT2D eigenvalue weighted by Crippen LogP contribution is 2.39. The zero-order valence-corrected chi connectivity index (χ0v) is 24.8. The summed E-state index contributed by atoms with van der Waals surface area (Å²) in [7, 11) is 0. The SMILES string of the molecule is CC(C)(C)CC(C)(C)c1ccc(C2C=C(c3ccc(C#Cc4ccc(Cl)cc4)cc3)NN2c2ccccc2)cc1. The molecule has 1 heterocycles. The minimum Gasteiger partial charge on any atom is -0.297 e. The number of nitrogens with zero attached hydrogens (tertiary/aromatic N) is 1. The minimum absolute atomic E-state index is 0.0709. The van der Waals surface area contributed by atoms with E-state index in [1.165, 1.54) is 11.1 Å². The van der Waals surface area contributed by atoms with E-state index in [2.05, 4.69) is 142 Å². The summed E-state index contributed by atoms with van der Waals surface area (Å²) in [6.07, 6.45) is 3.45. The predicted octanol–water partition coefficient (Wildman–Crippen LogP) is 9.56. The molecule has 0 aromatic heterocycles. The average Bonchev–Trinajstić information content (AvgIpc) is 3.38. The molecule has 0 aliphatic carbocycles. The van der Waals surface area contributed by atoms with Crippen molar-refractivity contribution >= 4 is 23.0 Å². The third kappa shape index (κ3) is 6.61. The van der Waals surface area contributed by atoms with Crippen molar-refractivity contribution in [3.8, 4) is 11.8 Å². The van der Waals surface area contributed by atoms with Crippen LogP contribution in [0.3, 0.4) is 0 Å². The molecule has 1 aliphatic heterocycles. The number of halogens is 1. The van der Waals surface area contributed by atoms with Gasteiger partial charge in [0.2, 0.25) is 0 Å². The van der Waals surface area contributed by atoms with Crippen LogP contribution in [0.5, 0.6) is 0 Å². The van der Waals surface area contributed by atoms with E-state index in [1.54, 1.807) is 0 Å². The summed E-state index contributed by atoms with van der Waals surface area (Å²) in [6.45, 7) is 11.6. The van der Waals surface area contributed by atoms with Gasteiger partial charge in [-0.25, -0.2) is 0 Å². The number of anilines is 1. The summed E-state index contributed by atoms with van der Waals surface area (Å²) in [5.74, 6) is 6.47. The number of benzene rings is 4. The first-order valence-electron chi connectivity index (χ1n) is 13.9. The number of rotatable bonds is 5. The van der Waals surface area contributed by atoms with Crippen LogP contribution in [0.1, 0.15) is 74.9 Å². The van der Waals surface area contributed by atoms with E-state index in [-0.39, 0.29) is 16.9 Å². The number of para-hydroxylation sites is 1. The molecule has 5 rings (SSSR count). The zero-order valence-electron chi connectivity index (χ0n) is 24.0. The molecule has 0 bridgehead atoms. The van der Waals surface area contributed by atoms with Gasteiger partial charge in [0, 0.05) is 16.1 Å². The fourth-order valence-electron chi connectivity index (χ4n) is 5.66. The molecule has 0 amide bonds. The fraction of sp³-hybridized carbons (Fsp3) is 0.243. The summed E-state index contributed by atoms with van der Waals surface area (Å²) in [4.78, 5) is 0. The van der Waals surface area contributed by atoms with E-state index in [4.69, 9.17) is 11.6 Å². The van der Waals surface area contributed by atoms with Crippen molar-refractivity contribution < 1.29 is 0 Å². The lowest BCUT2D eigenvalue weighted by molar-refractivity contribution is 0.284. The van der Waals surface area contributed by atoms with Gasteiger partial charge in [0.1, 0.15) is 0 Å². The van der Waals surface area contributed by atoms with E-state index in [1.807, 2.05) is 24.3 Å². The molecule has 40 heavy (non-hydrogen) atoms. The molecular weight excluding hydrogens is 508 g/mol. The second kappa shape index (κ2) is 11.3. The topological polar surface area (TPSA) is 15.3 Å². The maximum atomic E-state index is 5.99. The average molecular weight is 545 g/mol. The van der Waals surface area contributed by atoms with Gasteiger partial charge in [-0.05, 0) is 88.5 Å². The Hall–Kier alpha value is -3.93. The highest BCUT2D eigenvalue weighted by molar-refractivity contribution is 6.30. The number of hydrazine groups is 1. The quantitative estimate of drug-likeness (QED) is 0.252. The Balaban J connectivity index is 1.41. The van der Waals surface area contributed by atoms with Crippen LogP contribution in [0.25, 0.3) is 5.70 Å². The molecule has 1 aliphatic rings. The van der Waals surface area contributed by atoms with Crippen LogP contribution >= 0.6 is 11.6 Å². The summed E-state index contributed by atoms with van der Waals surface area (Å²) in [5.41, 5.74) is 12.0. The Morgan fingerprint density at radius 2 is 1.30 bits per heavy atom. The van der Waals surface area contributed by atoms with E-state index in [9.17, 15) is 0 Å². The van der Waals surface area contributed by atoms with Gasteiger partial charge in [0.15, 0.2) is 0 Å². The van der Waals surface area contributed by atoms with Gasteiger partial charge in [0.05, 0.1) is 17.4 Å². The molecule has 4 aromatic carbocycles. The highest BCUT2D eigenvalue weighted by Gasteiger charge is 2.30. The van der Waals surface area contributed by atoms with Crippen molar-refractivity contribution in [3.63, 3.8) is 0 Å². The molecule has 202 valence electrons. The van der Waals surface area contributed by atoms with Crippen LogP contribution in [-0.2, 0) is 5.41 Å². The standard InChI is InChI=1S/C37H37ClN2/c1-36(2,3)26-37(4,5)31-21-19-30(20-22-31)35-25-34(39-40(35)33-9-7-6-8-10-33)29-17-13-27(14-18-29)11-12-28-15-23-32(38)24-16-28/h6-10,13-25,35,39H,26H2,1-5H3. The fourth-order valence-corrected chi connectivity index (χ4v) is 5.78. The largest absolute Gasteiger partial charge is 0.297 e. The van der Waals surface area contributed by atoms with E-state index in [0.717, 1.165) is 39.5 Å². The van der Waals surface area contributed by atoms with Gasteiger partial charge in [-0.3, -0.25) is 10.4 Å². The van der Waals surface area contributed by atoms with Gasteiger partial charge in [0.25, 0.3) is 0 Å². The summed E-state index contributed by atoms with van der Waals surface area (Å²) in [6, 6.07) is 35.8. The Kier molecular flexibility index (Phi) is 7.79. The first-order valence-corrected chi connectivity index (χ1v) is 14.3. The third-order valence-electron chi connectivity index (χ3n) is 7.28. The molecule has 0 radical (unpaired) electrons. The van der Waals surface area contributed by atoms with E-state index < -0.39 is 0 Å². The first kappa shape index (κ1) is 27.6. The molecule has 0 fully saturated rings. The van der Waals surface area contributed by atoms with E-state index >= 15 is 0 Å². The molecular formula is C37H37ClN2. The minimum atomic E-state index is 0.0709. The third-order valence-corrected chi connectivity index (χ3v) is 7.53. The Morgan fingerprint density at radius 3 is 1.88 bits per heavy atom. The number of nitrogens with one attached hydrogen (secondary N) is 1. The molecule has 2 nitrogen and oxygen atoms in total. The van der Waals surface area contributed by atoms with Crippen LogP contribution in [0.4, 0.5) is 5.69 Å². The molecule has 1 N–H and O–H groups in total. The zero-order chi connectivity index (χ0) is 28.3. The van der Waals surface area contributed by atoms with Crippen LogP contribution in [0, 0.1) is 17.3 Å². The van der Waals surface area contributed by atoms with Gasteiger partial charge in [-0.15, -0.1) is 0 Å². The summed E-state index contributed by atoms with van der Waals surface area (Å²) in [5, 5.41) is 2.97. The summed E-state index contributed by atoms with van der Waals surface area (Å²) >= 11 is 5.99. The van der Waals surface area contributed by atoms with Crippen molar-refractivity contribution in [1.82, 2.24) is 5.43 Å². The molecule has 1 unspecified atom stereocenters. The van der Waals surface area contributed by atoms with Gasteiger partial charge >= 0.3 is 0 Å². The van der Waals surface area contributed by atoms with Crippen LogP contribution in [0.15, 0.2) is 109 Å². The lowest BCUT2D eigenvalue weighted by Gasteiger charge is -2.33. The molecule has 3 heteroatoms. The predicted molar refractivity (Wildman–Crippen MR) is 170 cm³/mol. The van der Waals surface area contributed by atoms with Crippen LogP contribution in [0.2, 0.25) is 5.02 Å². The van der Waals surface area contributed by atoms with Crippen molar-refractivity contribution in [2.24, 2.45) is 5.41 Å². The lowest BCUT2D eigenvalue weighted by Crippen LogP contribution is -2.34. The molecule has 0 saturated heterocycles. The lowest BCUT2D eigenvalue weighted by atomic mass is 9.72. The van der Waals surface area contributed by atoms with Crippen molar-refractivity contribution in [2.45, 2.75) is 52.5 Å². The normalized spacial score (nSPS) is 15.2. The van der Waals surface area contributed by atoms with E-state index in [0.29, 0.717) is 0 Å². The monoisotopic (exact) mass is 544 g/mol. The molecule has 0 spiro atoms. The Morgan fingerprint density at radius 1 is 0.725 bits per heavy atom. The van der Waals surface area contributed by atoms with Crippen molar-refractivity contribution in [3.05, 3.63) is 142 Å². The Bertz CT molecular complexity index is 1530. The Labute approximate surface area is 244 Å².